The van der Waals surface area contributed by atoms with Crippen LogP contribution in [0.1, 0.15) is 17.3 Å². The van der Waals surface area contributed by atoms with Gasteiger partial charge in [0.2, 0.25) is 5.91 Å². The molecule has 4 N–H and O–H groups in total. The topological polar surface area (TPSA) is 84.2 Å². The van der Waals surface area contributed by atoms with Crippen molar-refractivity contribution in [3.63, 3.8) is 0 Å². The van der Waals surface area contributed by atoms with Crippen LogP contribution in [0, 0.1) is 0 Å². The van der Waals surface area contributed by atoms with Crippen LogP contribution in [0.25, 0.3) is 0 Å². The largest absolute Gasteiger partial charge is 0.353 e. The average Bonchev–Trinajstić information content (AvgIpc) is 2.35. The summed E-state index contributed by atoms with van der Waals surface area (Å²) >= 11 is 0. The molecule has 2 amide bonds. The molecule has 0 radical (unpaired) electrons. The number of nitrogens with two attached hydrogens (primary N) is 1. The fourth-order valence-electron chi connectivity index (χ4n) is 1.21. The molecule has 0 bridgehead atoms. The molecule has 0 saturated heterocycles. The fourth-order valence-corrected chi connectivity index (χ4v) is 1.21. The first-order chi connectivity index (χ1) is 8.11. The van der Waals surface area contributed by atoms with Crippen molar-refractivity contribution in [2.45, 2.75) is 13.0 Å². The second kappa shape index (κ2) is 6.65. The Labute approximate surface area is 100 Å². The monoisotopic (exact) mass is 235 g/mol. The number of rotatable bonds is 5. The van der Waals surface area contributed by atoms with Gasteiger partial charge >= 0.3 is 0 Å². The molecule has 0 spiro atoms. The maximum Gasteiger partial charge on any atom is 0.251 e. The van der Waals surface area contributed by atoms with Crippen LogP contribution in [-0.4, -0.2) is 30.9 Å². The first kappa shape index (κ1) is 13.2. The molecule has 0 saturated carbocycles. The number of nitrogens with one attached hydrogen (secondary N) is 2. The smallest absolute Gasteiger partial charge is 0.251 e. The van der Waals surface area contributed by atoms with E-state index in [4.69, 9.17) is 5.73 Å². The molecule has 92 valence electrons. The molecule has 17 heavy (non-hydrogen) atoms. The van der Waals surface area contributed by atoms with Crippen LogP contribution >= 0.6 is 0 Å². The minimum atomic E-state index is -0.528. The number of carbonyl (C=O) groups is 2. The van der Waals surface area contributed by atoms with E-state index >= 15 is 0 Å². The first-order valence-electron chi connectivity index (χ1n) is 5.48. The first-order valence-corrected chi connectivity index (χ1v) is 5.48. The molecule has 1 aromatic carbocycles. The summed E-state index contributed by atoms with van der Waals surface area (Å²) in [7, 11) is 0. The van der Waals surface area contributed by atoms with Crippen molar-refractivity contribution in [2.75, 3.05) is 13.1 Å². The molecule has 0 unspecified atom stereocenters. The van der Waals surface area contributed by atoms with Gasteiger partial charge in [-0.25, -0.2) is 0 Å². The fraction of sp³-hybridized carbons (Fsp3) is 0.333. The second-order valence-electron chi connectivity index (χ2n) is 3.70. The molecule has 1 atom stereocenters. The highest BCUT2D eigenvalue weighted by Gasteiger charge is 2.06. The van der Waals surface area contributed by atoms with Crippen LogP contribution in [-0.2, 0) is 4.79 Å². The summed E-state index contributed by atoms with van der Waals surface area (Å²) in [5, 5.41) is 5.31. The zero-order valence-corrected chi connectivity index (χ0v) is 9.77. The van der Waals surface area contributed by atoms with Crippen molar-refractivity contribution in [3.8, 4) is 0 Å². The van der Waals surface area contributed by atoms with Gasteiger partial charge in [0.25, 0.3) is 5.91 Å². The Morgan fingerprint density at radius 2 is 1.76 bits per heavy atom. The van der Waals surface area contributed by atoms with Gasteiger partial charge in [0.15, 0.2) is 0 Å². The van der Waals surface area contributed by atoms with E-state index in [2.05, 4.69) is 10.6 Å². The van der Waals surface area contributed by atoms with E-state index in [1.54, 1.807) is 31.2 Å². The predicted octanol–water partition coefficient (Wildman–Crippen LogP) is -0.120. The molecule has 5 nitrogen and oxygen atoms in total. The Balaban J connectivity index is 2.24. The molecule has 0 aliphatic carbocycles. The summed E-state index contributed by atoms with van der Waals surface area (Å²) in [5.74, 6) is -0.375. The maximum absolute atomic E-state index is 11.6. The van der Waals surface area contributed by atoms with Crippen molar-refractivity contribution >= 4 is 11.8 Å². The zero-order chi connectivity index (χ0) is 12.7. The van der Waals surface area contributed by atoms with Crippen LogP contribution in [0.15, 0.2) is 30.3 Å². The van der Waals surface area contributed by atoms with E-state index in [0.29, 0.717) is 18.7 Å². The summed E-state index contributed by atoms with van der Waals surface area (Å²) in [5.41, 5.74) is 5.97. The minimum absolute atomic E-state index is 0.152. The molecule has 1 rings (SSSR count). The molecular weight excluding hydrogens is 218 g/mol. The van der Waals surface area contributed by atoms with Gasteiger partial charge in [-0.1, -0.05) is 18.2 Å². The SMILES string of the molecule is C[C@@H](N)C(=O)NCCNC(=O)c1ccccc1. The summed E-state index contributed by atoms with van der Waals surface area (Å²) in [4.78, 5) is 22.7. The summed E-state index contributed by atoms with van der Waals surface area (Å²) in [6.45, 7) is 2.36. The number of carbonyl (C=O) groups excluding carboxylic acids is 2. The number of hydrogen-bond acceptors (Lipinski definition) is 3. The van der Waals surface area contributed by atoms with E-state index in [9.17, 15) is 9.59 Å². The lowest BCUT2D eigenvalue weighted by Gasteiger charge is -2.08. The highest BCUT2D eigenvalue weighted by molar-refractivity contribution is 5.94. The Bertz CT molecular complexity index is 377. The third kappa shape index (κ3) is 4.65. The molecule has 0 aliphatic heterocycles. The number of benzene rings is 1. The van der Waals surface area contributed by atoms with Gasteiger partial charge < -0.3 is 16.4 Å². The van der Waals surface area contributed by atoms with E-state index in [0.717, 1.165) is 0 Å². The van der Waals surface area contributed by atoms with Crippen molar-refractivity contribution in [2.24, 2.45) is 5.73 Å². The van der Waals surface area contributed by atoms with Crippen LogP contribution in [0.3, 0.4) is 0 Å². The van der Waals surface area contributed by atoms with E-state index in [-0.39, 0.29) is 11.8 Å². The van der Waals surface area contributed by atoms with Crippen molar-refractivity contribution in [1.82, 2.24) is 10.6 Å². The lowest BCUT2D eigenvalue weighted by Crippen LogP contribution is -2.42. The molecule has 0 fully saturated rings. The molecular formula is C12H17N3O2. The van der Waals surface area contributed by atoms with Crippen molar-refractivity contribution < 1.29 is 9.59 Å². The van der Waals surface area contributed by atoms with Crippen LogP contribution in [0.2, 0.25) is 0 Å². The van der Waals surface area contributed by atoms with Crippen LogP contribution in [0.4, 0.5) is 0 Å². The van der Waals surface area contributed by atoms with E-state index < -0.39 is 6.04 Å². The maximum atomic E-state index is 11.6. The molecule has 0 heterocycles. The lowest BCUT2D eigenvalue weighted by molar-refractivity contribution is -0.121. The van der Waals surface area contributed by atoms with E-state index in [1.165, 1.54) is 0 Å². The molecule has 5 heteroatoms. The zero-order valence-electron chi connectivity index (χ0n) is 9.77. The normalized spacial score (nSPS) is 11.6. The van der Waals surface area contributed by atoms with Crippen molar-refractivity contribution in [3.05, 3.63) is 35.9 Å². The summed E-state index contributed by atoms with van der Waals surface area (Å²) < 4.78 is 0. The predicted molar refractivity (Wildman–Crippen MR) is 65.4 cm³/mol. The Hall–Kier alpha value is -1.88. The molecule has 0 aliphatic rings. The average molecular weight is 235 g/mol. The van der Waals surface area contributed by atoms with Gasteiger partial charge in [0.1, 0.15) is 0 Å². The van der Waals surface area contributed by atoms with Crippen LogP contribution in [0.5, 0.6) is 0 Å². The highest BCUT2D eigenvalue weighted by Crippen LogP contribution is 1.96. The van der Waals surface area contributed by atoms with Gasteiger partial charge in [0, 0.05) is 18.7 Å². The third-order valence-electron chi connectivity index (χ3n) is 2.16. The Morgan fingerprint density at radius 3 is 2.35 bits per heavy atom. The number of amides is 2. The summed E-state index contributed by atoms with van der Waals surface area (Å²) in [6, 6.07) is 8.38. The van der Waals surface area contributed by atoms with Crippen LogP contribution < -0.4 is 16.4 Å². The Kier molecular flexibility index (Phi) is 5.16. The van der Waals surface area contributed by atoms with Gasteiger partial charge in [-0.15, -0.1) is 0 Å². The third-order valence-corrected chi connectivity index (χ3v) is 2.16. The van der Waals surface area contributed by atoms with Gasteiger partial charge in [-0.3, -0.25) is 9.59 Å². The van der Waals surface area contributed by atoms with Crippen molar-refractivity contribution in [1.29, 1.82) is 0 Å². The van der Waals surface area contributed by atoms with Gasteiger partial charge in [0.05, 0.1) is 6.04 Å². The standard InChI is InChI=1S/C12H17N3O2/c1-9(13)11(16)14-7-8-15-12(17)10-5-3-2-4-6-10/h2-6,9H,7-8,13H2,1H3,(H,14,16)(H,15,17)/t9-/m1/s1. The highest BCUT2D eigenvalue weighted by atomic mass is 16.2. The van der Waals surface area contributed by atoms with Gasteiger partial charge in [-0.05, 0) is 19.1 Å². The lowest BCUT2D eigenvalue weighted by atomic mass is 10.2. The molecule has 1 aromatic rings. The number of hydrogen-bond donors (Lipinski definition) is 3. The quantitative estimate of drug-likeness (QED) is 0.622. The Morgan fingerprint density at radius 1 is 1.18 bits per heavy atom. The van der Waals surface area contributed by atoms with E-state index in [1.807, 2.05) is 6.07 Å². The second-order valence-corrected chi connectivity index (χ2v) is 3.70. The minimum Gasteiger partial charge on any atom is -0.353 e. The summed E-state index contributed by atoms with van der Waals surface area (Å²) in [6.07, 6.45) is 0. The molecule has 0 aromatic heterocycles. The van der Waals surface area contributed by atoms with Gasteiger partial charge in [-0.2, -0.15) is 0 Å².